The van der Waals surface area contributed by atoms with Crippen LogP contribution in [0.2, 0.25) is 0 Å². The molecule has 0 aliphatic carbocycles. The Morgan fingerprint density at radius 1 is 0.955 bits per heavy atom. The minimum Gasteiger partial charge on any atom is -0.479 e. The number of unbranched alkanes of at least 4 members (excludes halogenated alkanes) is 4. The van der Waals surface area contributed by atoms with Crippen LogP contribution in [0.15, 0.2) is 36.5 Å². The third-order valence-electron chi connectivity index (χ3n) is 3.27. The van der Waals surface area contributed by atoms with Crippen molar-refractivity contribution in [1.29, 1.82) is 0 Å². The van der Waals surface area contributed by atoms with Crippen LogP contribution in [0.4, 0.5) is 0 Å². The van der Waals surface area contributed by atoms with Crippen LogP contribution in [-0.2, 0) is 9.68 Å². The van der Waals surface area contributed by atoms with E-state index >= 15 is 0 Å². The van der Waals surface area contributed by atoms with Crippen molar-refractivity contribution in [2.24, 2.45) is 0 Å². The normalized spacial score (nSPS) is 13.5. The first-order valence-corrected chi connectivity index (χ1v) is 8.20. The molecule has 4 heteroatoms. The number of aliphatic carboxylic acids is 1. The molecule has 0 saturated heterocycles. The van der Waals surface area contributed by atoms with E-state index in [9.17, 15) is 4.79 Å². The van der Waals surface area contributed by atoms with Crippen LogP contribution in [-0.4, -0.2) is 22.4 Å². The maximum absolute atomic E-state index is 10.6. The number of allylic oxidation sites excluding steroid dienone is 6. The highest BCUT2D eigenvalue weighted by Gasteiger charge is 2.16. The van der Waals surface area contributed by atoms with E-state index < -0.39 is 12.1 Å². The van der Waals surface area contributed by atoms with E-state index in [2.05, 4.69) is 48.3 Å². The second kappa shape index (κ2) is 16.0. The van der Waals surface area contributed by atoms with E-state index in [0.717, 1.165) is 51.4 Å². The quantitative estimate of drug-likeness (QED) is 0.202. The molecule has 0 aliphatic heterocycles. The number of carboxylic acids is 1. The van der Waals surface area contributed by atoms with Gasteiger partial charge in [-0.25, -0.2) is 9.68 Å². The van der Waals surface area contributed by atoms with E-state index in [4.69, 9.17) is 10.4 Å². The lowest BCUT2D eigenvalue weighted by Crippen LogP contribution is -2.22. The van der Waals surface area contributed by atoms with Crippen molar-refractivity contribution in [2.75, 3.05) is 0 Å². The smallest absolute Gasteiger partial charge is 0.336 e. The van der Waals surface area contributed by atoms with E-state index in [-0.39, 0.29) is 0 Å². The molecule has 1 unspecified atom stereocenters. The average molecular weight is 310 g/mol. The molecule has 2 N–H and O–H groups in total. The van der Waals surface area contributed by atoms with Crippen LogP contribution in [0.1, 0.15) is 64.7 Å². The molecule has 1 atom stereocenters. The van der Waals surface area contributed by atoms with Gasteiger partial charge in [-0.3, -0.25) is 5.26 Å². The van der Waals surface area contributed by atoms with Crippen LogP contribution in [0.5, 0.6) is 0 Å². The minimum absolute atomic E-state index is 0.360. The maximum atomic E-state index is 10.6. The van der Waals surface area contributed by atoms with Gasteiger partial charge in [-0.1, -0.05) is 62.6 Å². The van der Waals surface area contributed by atoms with Crippen molar-refractivity contribution in [3.8, 4) is 0 Å². The monoisotopic (exact) mass is 310 g/mol. The molecule has 0 saturated carbocycles. The molecule has 22 heavy (non-hydrogen) atoms. The number of hydrogen-bond acceptors (Lipinski definition) is 3. The summed E-state index contributed by atoms with van der Waals surface area (Å²) in [5.41, 5.74) is 0. The third-order valence-corrected chi connectivity index (χ3v) is 3.27. The topological polar surface area (TPSA) is 66.8 Å². The van der Waals surface area contributed by atoms with Crippen molar-refractivity contribution >= 4 is 5.97 Å². The van der Waals surface area contributed by atoms with Gasteiger partial charge >= 0.3 is 5.97 Å². The van der Waals surface area contributed by atoms with Crippen molar-refractivity contribution in [2.45, 2.75) is 70.8 Å². The largest absolute Gasteiger partial charge is 0.479 e. The van der Waals surface area contributed by atoms with Gasteiger partial charge in [0, 0.05) is 0 Å². The van der Waals surface area contributed by atoms with Crippen molar-refractivity contribution < 1.29 is 20.0 Å². The van der Waals surface area contributed by atoms with Gasteiger partial charge < -0.3 is 5.11 Å². The fraction of sp³-hybridized carbons (Fsp3) is 0.611. The zero-order valence-electron chi connectivity index (χ0n) is 13.6. The summed E-state index contributed by atoms with van der Waals surface area (Å²) in [6, 6.07) is 0. The first-order valence-electron chi connectivity index (χ1n) is 8.20. The molecular formula is C18H30O4. The van der Waals surface area contributed by atoms with Crippen molar-refractivity contribution in [3.05, 3.63) is 36.5 Å². The zero-order valence-corrected chi connectivity index (χ0v) is 13.6. The van der Waals surface area contributed by atoms with Gasteiger partial charge in [0.1, 0.15) is 0 Å². The molecule has 0 heterocycles. The van der Waals surface area contributed by atoms with Gasteiger partial charge in [-0.05, 0) is 38.5 Å². The van der Waals surface area contributed by atoms with Crippen molar-refractivity contribution in [3.63, 3.8) is 0 Å². The first-order chi connectivity index (χ1) is 10.7. The van der Waals surface area contributed by atoms with Gasteiger partial charge in [0.15, 0.2) is 6.10 Å². The lowest BCUT2D eigenvalue weighted by molar-refractivity contribution is -0.277. The summed E-state index contributed by atoms with van der Waals surface area (Å²) in [7, 11) is 0. The molecule has 0 aromatic rings. The van der Waals surface area contributed by atoms with Crippen LogP contribution >= 0.6 is 0 Å². The molecule has 4 nitrogen and oxygen atoms in total. The summed E-state index contributed by atoms with van der Waals surface area (Å²) in [6.45, 7) is 2.13. The van der Waals surface area contributed by atoms with E-state index in [1.807, 2.05) is 0 Å². The molecule has 0 aromatic carbocycles. The first kappa shape index (κ1) is 20.6. The molecular weight excluding hydrogens is 280 g/mol. The lowest BCUT2D eigenvalue weighted by Gasteiger charge is -2.07. The second-order valence-electron chi connectivity index (χ2n) is 5.22. The average Bonchev–Trinajstić information content (AvgIpc) is 2.51. The highest BCUT2D eigenvalue weighted by molar-refractivity contribution is 5.72. The fourth-order valence-corrected chi connectivity index (χ4v) is 1.99. The molecule has 0 radical (unpaired) electrons. The van der Waals surface area contributed by atoms with Crippen LogP contribution in [0, 0.1) is 0 Å². The summed E-state index contributed by atoms with van der Waals surface area (Å²) in [6.07, 6.45) is 20.4. The zero-order chi connectivity index (χ0) is 16.5. The molecule has 0 bridgehead atoms. The van der Waals surface area contributed by atoms with E-state index in [1.54, 1.807) is 0 Å². The SMILES string of the molecule is CC/C=C/C/C=C/C/C=C/CCCCCCC(OO)C(=O)O. The van der Waals surface area contributed by atoms with E-state index in [1.165, 1.54) is 0 Å². The molecule has 0 rings (SSSR count). The number of rotatable bonds is 14. The third kappa shape index (κ3) is 13.6. The highest BCUT2D eigenvalue weighted by atomic mass is 17.1. The highest BCUT2D eigenvalue weighted by Crippen LogP contribution is 2.09. The Morgan fingerprint density at radius 3 is 2.14 bits per heavy atom. The van der Waals surface area contributed by atoms with Crippen molar-refractivity contribution in [1.82, 2.24) is 0 Å². The van der Waals surface area contributed by atoms with E-state index in [0.29, 0.717) is 6.42 Å². The number of carboxylic acid groups (broad SMARTS) is 1. The fourth-order valence-electron chi connectivity index (χ4n) is 1.99. The Bertz CT molecular complexity index is 345. The predicted molar refractivity (Wildman–Crippen MR) is 89.8 cm³/mol. The molecule has 0 spiro atoms. The van der Waals surface area contributed by atoms with Crippen LogP contribution < -0.4 is 0 Å². The lowest BCUT2D eigenvalue weighted by atomic mass is 10.1. The maximum Gasteiger partial charge on any atom is 0.336 e. The number of carbonyl (C=O) groups is 1. The predicted octanol–water partition coefficient (Wildman–Crippen LogP) is 5.13. The summed E-state index contributed by atoms with van der Waals surface area (Å²) >= 11 is 0. The van der Waals surface area contributed by atoms with Gasteiger partial charge in [0.25, 0.3) is 0 Å². The summed E-state index contributed by atoms with van der Waals surface area (Å²) in [4.78, 5) is 14.5. The summed E-state index contributed by atoms with van der Waals surface area (Å²) < 4.78 is 0. The Kier molecular flexibility index (Phi) is 15.0. The molecule has 0 fully saturated rings. The molecule has 0 aliphatic rings. The van der Waals surface area contributed by atoms with Gasteiger partial charge in [0.05, 0.1) is 0 Å². The molecule has 0 amide bonds. The Morgan fingerprint density at radius 2 is 1.55 bits per heavy atom. The van der Waals surface area contributed by atoms with Crippen LogP contribution in [0.25, 0.3) is 0 Å². The summed E-state index contributed by atoms with van der Waals surface area (Å²) in [5.74, 6) is -1.11. The van der Waals surface area contributed by atoms with Gasteiger partial charge in [-0.2, -0.15) is 0 Å². The Labute approximate surface area is 134 Å². The van der Waals surface area contributed by atoms with Gasteiger partial charge in [-0.15, -0.1) is 0 Å². The Hall–Kier alpha value is -1.39. The number of hydrogen-bond donors (Lipinski definition) is 2. The van der Waals surface area contributed by atoms with Gasteiger partial charge in [0.2, 0.25) is 0 Å². The minimum atomic E-state index is -1.11. The standard InChI is InChI=1S/C18H30O4/c1-2-3-4-5-6-7-8-9-10-11-12-13-14-15-16-17(22-21)18(19)20/h3-4,6-7,9-10,17,21H,2,5,8,11-16H2,1H3,(H,19,20)/b4-3+,7-6+,10-9+. The molecule has 126 valence electrons. The second-order valence-corrected chi connectivity index (χ2v) is 5.22. The summed E-state index contributed by atoms with van der Waals surface area (Å²) in [5, 5.41) is 17.1. The van der Waals surface area contributed by atoms with Crippen LogP contribution in [0.3, 0.4) is 0 Å². The molecule has 0 aromatic heterocycles. The Balaban J connectivity index is 3.40.